The van der Waals surface area contributed by atoms with Crippen LogP contribution in [0.2, 0.25) is 0 Å². The first kappa shape index (κ1) is 24.8. The normalized spacial score (nSPS) is 9.85. The van der Waals surface area contributed by atoms with Crippen LogP contribution in [0.5, 0.6) is 5.75 Å². The maximum absolute atomic E-state index is 7.15. The molecule has 0 heterocycles. The molecule has 154 valence electrons. The average molecular weight is 380 g/mol. The number of guanidine groups is 1. The predicted octanol–water partition coefficient (Wildman–Crippen LogP) is 0.651. The molecule has 0 aromatic heterocycles. The summed E-state index contributed by atoms with van der Waals surface area (Å²) in [5, 5.41) is 14.0. The first-order chi connectivity index (χ1) is 13.2. The second-order valence-electron chi connectivity index (χ2n) is 5.78. The molecule has 9 N–H and O–H groups in total. The molecule has 0 bridgehead atoms. The number of unbranched alkanes of at least 4 members (excludes halogenated alkanes) is 2. The van der Waals surface area contributed by atoms with Gasteiger partial charge < -0.3 is 38.0 Å². The van der Waals surface area contributed by atoms with Crippen molar-refractivity contribution < 1.29 is 4.74 Å². The molecule has 1 aromatic carbocycles. The summed E-state index contributed by atoms with van der Waals surface area (Å²) in [7, 11) is 1.50. The number of rotatable bonds is 15. The van der Waals surface area contributed by atoms with Gasteiger partial charge in [0.05, 0.1) is 6.61 Å². The Labute approximate surface area is 163 Å². The molecule has 0 saturated heterocycles. The van der Waals surface area contributed by atoms with Gasteiger partial charge >= 0.3 is 0 Å². The van der Waals surface area contributed by atoms with Crippen LogP contribution in [0, 0.1) is 5.41 Å². The summed E-state index contributed by atoms with van der Waals surface area (Å²) in [6.07, 6.45) is 5.60. The van der Waals surface area contributed by atoms with Gasteiger partial charge in [-0.2, -0.15) is 0 Å². The first-order valence-corrected chi connectivity index (χ1v) is 9.50. The smallest absolute Gasteiger partial charge is 0.185 e. The molecule has 1 rings (SSSR count). The van der Waals surface area contributed by atoms with Gasteiger partial charge in [0.15, 0.2) is 5.96 Å². The van der Waals surface area contributed by atoms with E-state index in [1.807, 2.05) is 24.3 Å². The van der Waals surface area contributed by atoms with Crippen molar-refractivity contribution in [3.8, 4) is 5.75 Å². The van der Waals surface area contributed by atoms with Crippen molar-refractivity contribution in [2.45, 2.75) is 25.7 Å². The zero-order chi connectivity index (χ0) is 20.2. The topological polar surface area (TPSA) is 148 Å². The highest BCUT2D eigenvalue weighted by Gasteiger charge is 1.95. The third kappa shape index (κ3) is 15.8. The third-order valence-electron chi connectivity index (χ3n) is 3.60. The third-order valence-corrected chi connectivity index (χ3v) is 3.60. The van der Waals surface area contributed by atoms with Gasteiger partial charge in [0.25, 0.3) is 0 Å². The number of nitrogens with two attached hydrogens (primary N) is 3. The Kier molecular flexibility index (Phi) is 17.1. The van der Waals surface area contributed by atoms with Crippen molar-refractivity contribution in [2.24, 2.45) is 22.2 Å². The summed E-state index contributed by atoms with van der Waals surface area (Å²) in [5.41, 5.74) is 15.9. The van der Waals surface area contributed by atoms with E-state index < -0.39 is 0 Å². The summed E-state index contributed by atoms with van der Waals surface area (Å²) >= 11 is 0. The molecule has 8 heteroatoms. The minimum atomic E-state index is 0.176. The van der Waals surface area contributed by atoms with Crippen molar-refractivity contribution in [1.82, 2.24) is 10.6 Å². The Morgan fingerprint density at radius 1 is 0.963 bits per heavy atom. The number of benzene rings is 1. The van der Waals surface area contributed by atoms with Crippen LogP contribution in [-0.4, -0.2) is 58.6 Å². The highest BCUT2D eigenvalue weighted by molar-refractivity contribution is 5.77. The van der Waals surface area contributed by atoms with Crippen molar-refractivity contribution in [3.63, 3.8) is 0 Å². The summed E-state index contributed by atoms with van der Waals surface area (Å²) in [6, 6.07) is 7.56. The number of hydrogen-bond donors (Lipinski definition) is 6. The van der Waals surface area contributed by atoms with Crippen molar-refractivity contribution in [2.75, 3.05) is 46.4 Å². The van der Waals surface area contributed by atoms with Gasteiger partial charge in [0.2, 0.25) is 0 Å². The lowest BCUT2D eigenvalue weighted by Crippen LogP contribution is -2.29. The second kappa shape index (κ2) is 18.6. The lowest BCUT2D eigenvalue weighted by molar-refractivity contribution is 0.308. The van der Waals surface area contributed by atoms with Crippen LogP contribution in [0.25, 0.3) is 0 Å². The van der Waals surface area contributed by atoms with E-state index in [-0.39, 0.29) is 5.96 Å². The van der Waals surface area contributed by atoms with Crippen LogP contribution < -0.4 is 32.6 Å². The lowest BCUT2D eigenvalue weighted by atomic mass is 10.2. The Hall–Kier alpha value is -2.16. The molecule has 0 spiro atoms. The SMILES string of the molecule is CN.N=Cc1ccc(OCCCNCCNCCCCCN=C(N)N)cc1. The Morgan fingerprint density at radius 2 is 1.59 bits per heavy atom. The van der Waals surface area contributed by atoms with E-state index in [0.717, 1.165) is 69.7 Å². The molecule has 0 aliphatic carbocycles. The number of nitrogens with zero attached hydrogens (tertiary/aromatic N) is 1. The molecule has 27 heavy (non-hydrogen) atoms. The van der Waals surface area contributed by atoms with E-state index in [1.165, 1.54) is 13.3 Å². The van der Waals surface area contributed by atoms with Crippen LogP contribution in [0.1, 0.15) is 31.2 Å². The molecule has 0 atom stereocenters. The number of hydrogen-bond acceptors (Lipinski definition) is 6. The highest BCUT2D eigenvalue weighted by atomic mass is 16.5. The van der Waals surface area contributed by atoms with Crippen LogP contribution >= 0.6 is 0 Å². The Balaban J connectivity index is 0.00000326. The van der Waals surface area contributed by atoms with Gasteiger partial charge in [-0.1, -0.05) is 6.42 Å². The van der Waals surface area contributed by atoms with Gasteiger partial charge in [-0.15, -0.1) is 0 Å². The molecule has 1 aromatic rings. The number of nitrogens with one attached hydrogen (secondary N) is 3. The van der Waals surface area contributed by atoms with Gasteiger partial charge in [-0.05, 0) is 69.2 Å². The van der Waals surface area contributed by atoms with Crippen LogP contribution in [0.3, 0.4) is 0 Å². The first-order valence-electron chi connectivity index (χ1n) is 9.50. The lowest BCUT2D eigenvalue weighted by Gasteiger charge is -2.08. The zero-order valence-electron chi connectivity index (χ0n) is 16.5. The number of aliphatic imine (C=N–C) groups is 1. The van der Waals surface area contributed by atoms with Crippen LogP contribution in [0.15, 0.2) is 29.3 Å². The zero-order valence-corrected chi connectivity index (χ0v) is 16.5. The van der Waals surface area contributed by atoms with E-state index in [2.05, 4.69) is 21.4 Å². The van der Waals surface area contributed by atoms with E-state index in [9.17, 15) is 0 Å². The summed E-state index contributed by atoms with van der Waals surface area (Å²) < 4.78 is 5.66. The molecule has 0 radical (unpaired) electrons. The molecule has 0 amide bonds. The molecule has 0 aliphatic rings. The number of ether oxygens (including phenoxy) is 1. The largest absolute Gasteiger partial charge is 0.494 e. The second-order valence-corrected chi connectivity index (χ2v) is 5.78. The monoisotopic (exact) mass is 379 g/mol. The molecule has 0 fully saturated rings. The van der Waals surface area contributed by atoms with Gasteiger partial charge in [-0.3, -0.25) is 4.99 Å². The van der Waals surface area contributed by atoms with Crippen molar-refractivity contribution in [3.05, 3.63) is 29.8 Å². The molecule has 0 saturated carbocycles. The van der Waals surface area contributed by atoms with E-state index in [0.29, 0.717) is 6.61 Å². The Bertz CT molecular complexity index is 487. The molecular formula is C19H37N7O. The van der Waals surface area contributed by atoms with Gasteiger partial charge in [-0.25, -0.2) is 0 Å². The van der Waals surface area contributed by atoms with Crippen LogP contribution in [0.4, 0.5) is 0 Å². The fourth-order valence-electron chi connectivity index (χ4n) is 2.22. The summed E-state index contributed by atoms with van der Waals surface area (Å²) in [5.74, 6) is 1.03. The van der Waals surface area contributed by atoms with E-state index in [4.69, 9.17) is 21.6 Å². The van der Waals surface area contributed by atoms with E-state index in [1.54, 1.807) is 0 Å². The minimum Gasteiger partial charge on any atom is -0.494 e. The summed E-state index contributed by atoms with van der Waals surface area (Å²) in [6.45, 7) is 5.32. The molecule has 8 nitrogen and oxygen atoms in total. The van der Waals surface area contributed by atoms with Gasteiger partial charge in [0.1, 0.15) is 5.75 Å². The Morgan fingerprint density at radius 3 is 2.19 bits per heavy atom. The fraction of sp³-hybridized carbons (Fsp3) is 0.579. The quantitative estimate of drug-likeness (QED) is 0.150. The molecule has 0 unspecified atom stereocenters. The average Bonchev–Trinajstić information content (AvgIpc) is 2.70. The maximum atomic E-state index is 7.15. The molecule has 0 aliphatic heterocycles. The maximum Gasteiger partial charge on any atom is 0.185 e. The fourth-order valence-corrected chi connectivity index (χ4v) is 2.22. The van der Waals surface area contributed by atoms with Crippen LogP contribution in [-0.2, 0) is 0 Å². The summed E-state index contributed by atoms with van der Waals surface area (Å²) in [4.78, 5) is 3.96. The predicted molar refractivity (Wildman–Crippen MR) is 115 cm³/mol. The minimum absolute atomic E-state index is 0.176. The van der Waals surface area contributed by atoms with Crippen molar-refractivity contribution >= 4 is 12.2 Å². The standard InChI is InChI=1S/C18H32N6O.CH5N/c19-15-16-5-7-17(8-6-16)25-14-4-10-23-13-12-22-9-2-1-3-11-24-18(20)21;1-2/h5-8,15,19,22-23H,1-4,9-14H2,(H4,20,21,24);2H2,1H3. The van der Waals surface area contributed by atoms with Crippen molar-refractivity contribution in [1.29, 1.82) is 5.41 Å². The van der Waals surface area contributed by atoms with E-state index >= 15 is 0 Å². The van der Waals surface area contributed by atoms with Gasteiger partial charge in [0, 0.05) is 25.8 Å². The molecular weight excluding hydrogens is 342 g/mol. The highest BCUT2D eigenvalue weighted by Crippen LogP contribution is 2.10.